The molecule has 0 fully saturated rings. The highest BCUT2D eigenvalue weighted by molar-refractivity contribution is 7.18. The van der Waals surface area contributed by atoms with E-state index in [0.717, 1.165) is 16.7 Å². The van der Waals surface area contributed by atoms with Crippen molar-refractivity contribution in [1.82, 2.24) is 0 Å². The molecule has 3 aromatic rings. The second-order valence-corrected chi connectivity index (χ2v) is 7.50. The van der Waals surface area contributed by atoms with Gasteiger partial charge in [0.25, 0.3) is 5.91 Å². The van der Waals surface area contributed by atoms with Crippen molar-refractivity contribution in [2.75, 3.05) is 10.6 Å². The zero-order valence-corrected chi connectivity index (χ0v) is 15.4. The summed E-state index contributed by atoms with van der Waals surface area (Å²) in [5, 5.41) is 6.41. The molecule has 0 radical (unpaired) electrons. The van der Waals surface area contributed by atoms with Crippen molar-refractivity contribution < 1.29 is 14.0 Å². The number of carbonyl (C=O) groups excluding carboxylic acids is 2. The van der Waals surface area contributed by atoms with Crippen LogP contribution in [0, 0.1) is 12.7 Å². The first-order valence-corrected chi connectivity index (χ1v) is 9.39. The van der Waals surface area contributed by atoms with Gasteiger partial charge in [0, 0.05) is 18.0 Å². The minimum Gasteiger partial charge on any atom is -0.321 e. The molecule has 2 aromatic carbocycles. The van der Waals surface area contributed by atoms with Crippen molar-refractivity contribution in [3.63, 3.8) is 0 Å². The van der Waals surface area contributed by atoms with Crippen LogP contribution in [0.3, 0.4) is 0 Å². The van der Waals surface area contributed by atoms with Gasteiger partial charge < -0.3 is 10.6 Å². The van der Waals surface area contributed by atoms with Crippen LogP contribution in [0.4, 0.5) is 15.1 Å². The zero-order valence-electron chi connectivity index (χ0n) is 14.6. The largest absolute Gasteiger partial charge is 0.321 e. The van der Waals surface area contributed by atoms with Crippen LogP contribution in [0.15, 0.2) is 54.6 Å². The second kappa shape index (κ2) is 6.96. The van der Waals surface area contributed by atoms with E-state index < -0.39 is 0 Å². The highest BCUT2D eigenvalue weighted by Gasteiger charge is 2.33. The lowest BCUT2D eigenvalue weighted by atomic mass is 9.85. The van der Waals surface area contributed by atoms with E-state index >= 15 is 0 Å². The molecule has 0 saturated heterocycles. The molecule has 0 spiro atoms. The first-order chi connectivity index (χ1) is 13.0. The predicted molar refractivity (Wildman–Crippen MR) is 105 cm³/mol. The van der Waals surface area contributed by atoms with Crippen LogP contribution in [0.2, 0.25) is 0 Å². The molecule has 4 rings (SSSR count). The molecule has 4 nitrogen and oxygen atoms in total. The number of thiophene rings is 1. The van der Waals surface area contributed by atoms with Crippen LogP contribution in [0.5, 0.6) is 0 Å². The van der Waals surface area contributed by atoms with E-state index in [4.69, 9.17) is 0 Å². The van der Waals surface area contributed by atoms with Gasteiger partial charge in [0.2, 0.25) is 5.91 Å². The number of fused-ring (bicyclic) bond motifs is 1. The Kier molecular flexibility index (Phi) is 4.49. The predicted octanol–water partition coefficient (Wildman–Crippen LogP) is 4.92. The number of hydrogen-bond acceptors (Lipinski definition) is 3. The molecule has 2 N–H and O–H groups in total. The Balaban J connectivity index is 1.73. The van der Waals surface area contributed by atoms with E-state index in [9.17, 15) is 14.0 Å². The SMILES string of the molecule is Cc1c(C(=O)Nc2ccccc2)sc2c1[C@H](c1cccc(F)c1)CC(=O)N2. The summed E-state index contributed by atoms with van der Waals surface area (Å²) in [6, 6.07) is 15.5. The molecule has 0 saturated carbocycles. The standard InChI is InChI=1S/C21H17FN2O2S/c1-12-18-16(13-6-5-7-14(22)10-13)11-17(25)24-21(18)27-19(12)20(26)23-15-8-3-2-4-9-15/h2-10,16H,11H2,1H3,(H,23,26)(H,24,25)/t16-/m0/s1. The minimum absolute atomic E-state index is 0.131. The highest BCUT2D eigenvalue weighted by Crippen LogP contribution is 2.45. The monoisotopic (exact) mass is 380 g/mol. The van der Waals surface area contributed by atoms with Gasteiger partial charge in [0.15, 0.2) is 0 Å². The molecule has 0 bridgehead atoms. The number of anilines is 2. The lowest BCUT2D eigenvalue weighted by Gasteiger charge is -2.24. The maximum absolute atomic E-state index is 13.7. The average Bonchev–Trinajstić information content (AvgIpc) is 2.98. The molecule has 1 aromatic heterocycles. The summed E-state index contributed by atoms with van der Waals surface area (Å²) >= 11 is 1.26. The lowest BCUT2D eigenvalue weighted by molar-refractivity contribution is -0.116. The summed E-state index contributed by atoms with van der Waals surface area (Å²) in [6.07, 6.45) is 0.230. The third-order valence-corrected chi connectivity index (χ3v) is 5.90. The van der Waals surface area contributed by atoms with Crippen molar-refractivity contribution in [2.24, 2.45) is 0 Å². The maximum atomic E-state index is 13.7. The molecule has 1 atom stereocenters. The molecule has 136 valence electrons. The third kappa shape index (κ3) is 3.36. The van der Waals surface area contributed by atoms with E-state index in [1.54, 1.807) is 6.07 Å². The van der Waals surface area contributed by atoms with Gasteiger partial charge in [-0.05, 0) is 47.9 Å². The van der Waals surface area contributed by atoms with Crippen molar-refractivity contribution >= 4 is 33.8 Å². The zero-order chi connectivity index (χ0) is 19.0. The normalized spacial score (nSPS) is 15.8. The summed E-state index contributed by atoms with van der Waals surface area (Å²) in [6.45, 7) is 1.87. The van der Waals surface area contributed by atoms with Crippen molar-refractivity contribution in [1.29, 1.82) is 0 Å². The van der Waals surface area contributed by atoms with Crippen LogP contribution < -0.4 is 10.6 Å². The Morgan fingerprint density at radius 3 is 2.70 bits per heavy atom. The number of hydrogen-bond donors (Lipinski definition) is 2. The summed E-state index contributed by atoms with van der Waals surface area (Å²) < 4.78 is 13.7. The Hall–Kier alpha value is -2.99. The molecular formula is C21H17FN2O2S. The molecule has 1 aliphatic heterocycles. The Labute approximate surface area is 160 Å². The number of halogens is 1. The molecule has 0 aliphatic carbocycles. The van der Waals surface area contributed by atoms with Gasteiger partial charge in [0.05, 0.1) is 9.88 Å². The summed E-state index contributed by atoms with van der Waals surface area (Å²) in [5.41, 5.74) is 3.15. The van der Waals surface area contributed by atoms with Crippen molar-refractivity contribution in [3.8, 4) is 0 Å². The Morgan fingerprint density at radius 1 is 1.19 bits per heavy atom. The lowest BCUT2D eigenvalue weighted by Crippen LogP contribution is -2.22. The summed E-state index contributed by atoms with van der Waals surface area (Å²) in [7, 11) is 0. The number of nitrogens with one attached hydrogen (secondary N) is 2. The van der Waals surface area contributed by atoms with Crippen LogP contribution in [0.1, 0.15) is 38.7 Å². The van der Waals surface area contributed by atoms with E-state index in [-0.39, 0.29) is 30.0 Å². The average molecular weight is 380 g/mol. The number of para-hydroxylation sites is 1. The van der Waals surface area contributed by atoms with Gasteiger partial charge >= 0.3 is 0 Å². The minimum atomic E-state index is -0.338. The van der Waals surface area contributed by atoms with Gasteiger partial charge in [0.1, 0.15) is 5.82 Å². The Bertz CT molecular complexity index is 1030. The fourth-order valence-corrected chi connectivity index (χ4v) is 4.62. The molecule has 2 amide bonds. The van der Waals surface area contributed by atoms with Crippen molar-refractivity contribution in [2.45, 2.75) is 19.3 Å². The van der Waals surface area contributed by atoms with Gasteiger partial charge in [-0.25, -0.2) is 4.39 Å². The van der Waals surface area contributed by atoms with Gasteiger partial charge in [-0.3, -0.25) is 9.59 Å². The summed E-state index contributed by atoms with van der Waals surface area (Å²) in [4.78, 5) is 25.5. The first-order valence-electron chi connectivity index (χ1n) is 8.58. The third-order valence-electron chi connectivity index (χ3n) is 4.67. The number of carbonyl (C=O) groups is 2. The van der Waals surface area contributed by atoms with Crippen LogP contribution in [-0.4, -0.2) is 11.8 Å². The van der Waals surface area contributed by atoms with Gasteiger partial charge in [-0.15, -0.1) is 11.3 Å². The van der Waals surface area contributed by atoms with E-state index in [0.29, 0.717) is 15.6 Å². The number of rotatable bonds is 3. The van der Waals surface area contributed by atoms with Gasteiger partial charge in [-0.1, -0.05) is 30.3 Å². The number of benzene rings is 2. The Morgan fingerprint density at radius 2 is 1.96 bits per heavy atom. The fraction of sp³-hybridized carbons (Fsp3) is 0.143. The highest BCUT2D eigenvalue weighted by atomic mass is 32.1. The van der Waals surface area contributed by atoms with Gasteiger partial charge in [-0.2, -0.15) is 0 Å². The smallest absolute Gasteiger partial charge is 0.266 e. The quantitative estimate of drug-likeness (QED) is 0.677. The first kappa shape index (κ1) is 17.4. The molecule has 1 aliphatic rings. The molecule has 6 heteroatoms. The van der Waals surface area contributed by atoms with Crippen LogP contribution >= 0.6 is 11.3 Å². The van der Waals surface area contributed by atoms with E-state index in [1.807, 2.05) is 43.3 Å². The fourth-order valence-electron chi connectivity index (χ4n) is 3.44. The van der Waals surface area contributed by atoms with E-state index in [1.165, 1.54) is 23.5 Å². The molecule has 0 unspecified atom stereocenters. The maximum Gasteiger partial charge on any atom is 0.266 e. The van der Waals surface area contributed by atoms with Crippen LogP contribution in [-0.2, 0) is 4.79 Å². The second-order valence-electron chi connectivity index (χ2n) is 6.48. The summed E-state index contributed by atoms with van der Waals surface area (Å²) in [5.74, 6) is -0.952. The van der Waals surface area contributed by atoms with Crippen LogP contribution in [0.25, 0.3) is 0 Å². The topological polar surface area (TPSA) is 58.2 Å². The number of amides is 2. The van der Waals surface area contributed by atoms with Crippen molar-refractivity contribution in [3.05, 3.63) is 82.0 Å². The molecular weight excluding hydrogens is 363 g/mol. The van der Waals surface area contributed by atoms with E-state index in [2.05, 4.69) is 10.6 Å². The molecule has 2 heterocycles. The molecule has 27 heavy (non-hydrogen) atoms.